The van der Waals surface area contributed by atoms with E-state index in [1.165, 1.54) is 24.8 Å². The summed E-state index contributed by atoms with van der Waals surface area (Å²) in [4.78, 5) is 14.9. The molecule has 0 atom stereocenters. The lowest BCUT2D eigenvalue weighted by Gasteiger charge is -2.13. The van der Waals surface area contributed by atoms with E-state index in [-0.39, 0.29) is 12.3 Å². The highest BCUT2D eigenvalue weighted by Gasteiger charge is 2.12. The van der Waals surface area contributed by atoms with E-state index >= 15 is 0 Å². The number of aliphatic imine (C=N–C) groups is 1. The fourth-order valence-electron chi connectivity index (χ4n) is 2.92. The van der Waals surface area contributed by atoms with Crippen molar-refractivity contribution in [2.24, 2.45) is 4.99 Å². The number of benzene rings is 3. The summed E-state index contributed by atoms with van der Waals surface area (Å²) in [5, 5.41) is 11.1. The van der Waals surface area contributed by atoms with Gasteiger partial charge in [-0.05, 0) is 60.9 Å². The molecule has 0 aliphatic rings. The Morgan fingerprint density at radius 1 is 1.10 bits per heavy atom. The zero-order valence-electron chi connectivity index (χ0n) is 16.9. The fraction of sp³-hybridized carbons (Fsp3) is 0.174. The van der Waals surface area contributed by atoms with E-state index in [0.29, 0.717) is 16.5 Å². The molecular weight excluding hydrogens is 404 g/mol. The van der Waals surface area contributed by atoms with Gasteiger partial charge < -0.3 is 9.47 Å². The molecule has 7 heteroatoms. The molecule has 0 saturated heterocycles. The van der Waals surface area contributed by atoms with E-state index in [9.17, 15) is 10.1 Å². The third-order valence-corrected chi connectivity index (χ3v) is 4.77. The Hall–Kier alpha value is -3.38. The van der Waals surface area contributed by atoms with Crippen LogP contribution in [0.25, 0.3) is 0 Å². The van der Waals surface area contributed by atoms with Crippen molar-refractivity contribution < 1.29 is 14.4 Å². The molecule has 30 heavy (non-hydrogen) atoms. The maximum Gasteiger partial charge on any atom is 0.269 e. The summed E-state index contributed by atoms with van der Waals surface area (Å²) in [5.74, 6) is 0.882. The molecule has 0 spiro atoms. The summed E-state index contributed by atoms with van der Waals surface area (Å²) in [6.45, 7) is 4.26. The van der Waals surface area contributed by atoms with Crippen molar-refractivity contribution in [2.45, 2.75) is 20.5 Å². The van der Waals surface area contributed by atoms with Crippen LogP contribution in [-0.4, -0.2) is 18.2 Å². The third-order valence-electron chi connectivity index (χ3n) is 4.49. The van der Waals surface area contributed by atoms with Gasteiger partial charge in [-0.3, -0.25) is 15.1 Å². The minimum atomic E-state index is -0.442. The van der Waals surface area contributed by atoms with Crippen LogP contribution < -0.4 is 9.47 Å². The number of methoxy groups -OCH3 is 1. The van der Waals surface area contributed by atoms with Gasteiger partial charge in [-0.15, -0.1) is 0 Å². The molecule has 3 rings (SSSR count). The van der Waals surface area contributed by atoms with Gasteiger partial charge in [-0.2, -0.15) is 0 Å². The van der Waals surface area contributed by atoms with E-state index in [0.717, 1.165) is 22.4 Å². The lowest BCUT2D eigenvalue weighted by molar-refractivity contribution is -0.384. The molecule has 0 amide bonds. The van der Waals surface area contributed by atoms with Crippen LogP contribution in [0.1, 0.15) is 22.3 Å². The molecule has 0 fully saturated rings. The van der Waals surface area contributed by atoms with Gasteiger partial charge >= 0.3 is 0 Å². The molecule has 0 aliphatic carbocycles. The van der Waals surface area contributed by atoms with Crippen LogP contribution >= 0.6 is 11.6 Å². The number of nitro benzene ring substituents is 1. The first-order valence-corrected chi connectivity index (χ1v) is 9.60. The van der Waals surface area contributed by atoms with Crippen LogP contribution in [0.3, 0.4) is 0 Å². The fourth-order valence-corrected chi connectivity index (χ4v) is 3.19. The van der Waals surface area contributed by atoms with Crippen LogP contribution in [0, 0.1) is 24.0 Å². The number of rotatable bonds is 7. The molecular formula is C23H21ClN2O4. The standard InChI is InChI=1S/C23H21ClN2O4/c1-15-4-9-21(16(2)10-15)25-13-18-11-20(24)23(22(12-18)29-3)30-14-17-5-7-19(8-6-17)26(27)28/h4-13H,14H2,1-3H3. The second kappa shape index (κ2) is 9.41. The molecule has 154 valence electrons. The first-order valence-electron chi connectivity index (χ1n) is 9.22. The molecule has 0 unspecified atom stereocenters. The lowest BCUT2D eigenvalue weighted by Crippen LogP contribution is -2.00. The Balaban J connectivity index is 1.78. The molecule has 0 bridgehead atoms. The predicted molar refractivity (Wildman–Crippen MR) is 119 cm³/mol. The second-order valence-corrected chi connectivity index (χ2v) is 7.20. The van der Waals surface area contributed by atoms with Gasteiger partial charge in [0.1, 0.15) is 6.61 Å². The summed E-state index contributed by atoms with van der Waals surface area (Å²) in [6, 6.07) is 15.8. The normalized spacial score (nSPS) is 10.9. The summed E-state index contributed by atoms with van der Waals surface area (Å²) in [6.07, 6.45) is 1.73. The minimum absolute atomic E-state index is 0.0295. The highest BCUT2D eigenvalue weighted by Crippen LogP contribution is 2.37. The molecule has 0 aromatic heterocycles. The summed E-state index contributed by atoms with van der Waals surface area (Å²) < 4.78 is 11.3. The Bertz CT molecular complexity index is 1100. The molecule has 0 radical (unpaired) electrons. The van der Waals surface area contributed by atoms with Gasteiger partial charge in [-0.1, -0.05) is 29.3 Å². The number of hydrogen-bond donors (Lipinski definition) is 0. The van der Waals surface area contributed by atoms with E-state index in [2.05, 4.69) is 11.1 Å². The topological polar surface area (TPSA) is 74.0 Å². The highest BCUT2D eigenvalue weighted by molar-refractivity contribution is 6.32. The maximum atomic E-state index is 10.8. The first kappa shape index (κ1) is 21.3. The van der Waals surface area contributed by atoms with E-state index < -0.39 is 4.92 Å². The summed E-state index contributed by atoms with van der Waals surface area (Å²) >= 11 is 6.42. The van der Waals surface area contributed by atoms with E-state index in [1.54, 1.807) is 30.5 Å². The number of nitro groups is 1. The largest absolute Gasteiger partial charge is 0.493 e. The Kier molecular flexibility index (Phi) is 6.69. The lowest BCUT2D eigenvalue weighted by atomic mass is 10.1. The van der Waals surface area contributed by atoms with Crippen LogP contribution in [0.5, 0.6) is 11.5 Å². The monoisotopic (exact) mass is 424 g/mol. The van der Waals surface area contributed by atoms with Crippen molar-refractivity contribution in [1.82, 2.24) is 0 Å². The zero-order valence-corrected chi connectivity index (χ0v) is 17.6. The van der Waals surface area contributed by atoms with Crippen molar-refractivity contribution >= 4 is 29.2 Å². The van der Waals surface area contributed by atoms with Gasteiger partial charge in [0.25, 0.3) is 5.69 Å². The predicted octanol–water partition coefficient (Wildman–Crippen LogP) is 6.20. The molecule has 6 nitrogen and oxygen atoms in total. The second-order valence-electron chi connectivity index (χ2n) is 6.79. The van der Waals surface area contributed by atoms with Crippen molar-refractivity contribution in [3.05, 3.63) is 92.0 Å². The molecule has 0 N–H and O–H groups in total. The van der Waals surface area contributed by atoms with Crippen molar-refractivity contribution in [3.63, 3.8) is 0 Å². The smallest absolute Gasteiger partial charge is 0.269 e. The number of nitrogens with zero attached hydrogens (tertiary/aromatic N) is 2. The molecule has 0 saturated carbocycles. The number of non-ortho nitro benzene ring substituents is 1. The minimum Gasteiger partial charge on any atom is -0.493 e. The average Bonchev–Trinajstić information content (AvgIpc) is 2.72. The Morgan fingerprint density at radius 2 is 1.83 bits per heavy atom. The van der Waals surface area contributed by atoms with Crippen molar-refractivity contribution in [3.8, 4) is 11.5 Å². The van der Waals surface area contributed by atoms with Gasteiger partial charge in [0.2, 0.25) is 0 Å². The van der Waals surface area contributed by atoms with Gasteiger partial charge in [0, 0.05) is 18.3 Å². The Labute approximate surface area is 179 Å². The number of hydrogen-bond acceptors (Lipinski definition) is 5. The van der Waals surface area contributed by atoms with Gasteiger partial charge in [0.15, 0.2) is 11.5 Å². The number of halogens is 1. The number of aryl methyl sites for hydroxylation is 2. The van der Waals surface area contributed by atoms with Crippen LogP contribution in [-0.2, 0) is 6.61 Å². The van der Waals surface area contributed by atoms with E-state index in [1.807, 2.05) is 26.0 Å². The quantitative estimate of drug-likeness (QED) is 0.257. The maximum absolute atomic E-state index is 10.8. The van der Waals surface area contributed by atoms with Crippen molar-refractivity contribution in [1.29, 1.82) is 0 Å². The zero-order chi connectivity index (χ0) is 21.7. The number of ether oxygens (including phenoxy) is 2. The Morgan fingerprint density at radius 3 is 2.47 bits per heavy atom. The van der Waals surface area contributed by atoms with Gasteiger partial charge in [0.05, 0.1) is 22.7 Å². The summed E-state index contributed by atoms with van der Waals surface area (Å²) in [7, 11) is 1.54. The van der Waals surface area contributed by atoms with Crippen molar-refractivity contribution in [2.75, 3.05) is 7.11 Å². The van der Waals surface area contributed by atoms with Crippen LogP contribution in [0.15, 0.2) is 59.6 Å². The molecule has 0 aliphatic heterocycles. The summed E-state index contributed by atoms with van der Waals surface area (Å²) in [5.41, 5.74) is 4.74. The highest BCUT2D eigenvalue weighted by atomic mass is 35.5. The third kappa shape index (κ3) is 5.15. The van der Waals surface area contributed by atoms with E-state index in [4.69, 9.17) is 21.1 Å². The molecule has 0 heterocycles. The van der Waals surface area contributed by atoms with Crippen LogP contribution in [0.4, 0.5) is 11.4 Å². The molecule has 3 aromatic rings. The average molecular weight is 425 g/mol. The SMILES string of the molecule is COc1cc(C=Nc2ccc(C)cc2C)cc(Cl)c1OCc1ccc([N+](=O)[O-])cc1. The first-order chi connectivity index (χ1) is 14.4. The van der Waals surface area contributed by atoms with Gasteiger partial charge in [-0.25, -0.2) is 0 Å². The van der Waals surface area contributed by atoms with Crippen LogP contribution in [0.2, 0.25) is 5.02 Å². The molecule has 3 aromatic carbocycles.